The summed E-state index contributed by atoms with van der Waals surface area (Å²) in [4.78, 5) is 7.25. The standard InChI is InChI=1S/C16H18FNO2.C12H8BrFNO2.C4H9.BrH.Zn/c1-11(2)9-12-7-8-13(14(10-12)19-3)20-16-6-4-5-15(17)18-16;1-16-10-7-8(13)5-6-9(10)17-12-4-2-3-11(14)15-12;1-4(2)3;;/h4-8,10-11H,9H2,1-3H3;3-7H,1H3;4H,1H2,2-3H3;1H;/q;+1;-1;;+2/p-1. The van der Waals surface area contributed by atoms with E-state index in [-0.39, 0.29) is 11.8 Å². The van der Waals surface area contributed by atoms with Crippen LogP contribution < -0.4 is 18.9 Å². The Labute approximate surface area is 278 Å². The van der Waals surface area contributed by atoms with Crippen LogP contribution in [0.3, 0.4) is 0 Å². The molecule has 43 heavy (non-hydrogen) atoms. The summed E-state index contributed by atoms with van der Waals surface area (Å²) in [6, 6.07) is 15.4. The molecule has 0 N–H and O–H groups in total. The van der Waals surface area contributed by atoms with E-state index in [1.807, 2.05) is 18.2 Å². The van der Waals surface area contributed by atoms with Gasteiger partial charge in [-0.05, 0) is 59.3 Å². The summed E-state index contributed by atoms with van der Waals surface area (Å²) in [5.41, 5.74) is 1.18. The summed E-state index contributed by atoms with van der Waals surface area (Å²) in [6.07, 6.45) is 6.13. The number of halogens is 4. The van der Waals surface area contributed by atoms with E-state index in [1.54, 1.807) is 37.4 Å². The summed E-state index contributed by atoms with van der Waals surface area (Å²) in [7, 11) is 3.11. The number of ether oxygens (including phenoxy) is 4. The molecule has 0 bridgehead atoms. The van der Waals surface area contributed by atoms with Gasteiger partial charge in [-0.3, -0.25) is 0 Å². The van der Waals surface area contributed by atoms with Crippen molar-refractivity contribution in [3.05, 3.63) is 102 Å². The van der Waals surface area contributed by atoms with Crippen LogP contribution in [0.4, 0.5) is 8.78 Å². The molecule has 0 aliphatic carbocycles. The van der Waals surface area contributed by atoms with E-state index in [0.717, 1.165) is 17.0 Å². The number of benzene rings is 2. The second-order valence-electron chi connectivity index (χ2n) is 9.50. The molecule has 0 radical (unpaired) electrons. The maximum atomic E-state index is 13.0. The Bertz CT molecular complexity index is 1370. The Balaban J connectivity index is 0.000000367. The van der Waals surface area contributed by atoms with Crippen LogP contribution >= 0.6 is 29.6 Å². The summed E-state index contributed by atoms with van der Waals surface area (Å²) in [5, 5.41) is 0. The van der Waals surface area contributed by atoms with Crippen LogP contribution in [0, 0.1) is 30.8 Å². The fraction of sp³-hybridized carbons (Fsp3) is 0.281. The molecular formula is C32H35Br2F2N2O4Zn+. The zero-order valence-electron chi connectivity index (χ0n) is 25.2. The first-order valence-corrected chi connectivity index (χ1v) is 20.9. The second-order valence-corrected chi connectivity index (χ2v) is 10.4. The molecule has 0 amide bonds. The predicted octanol–water partition coefficient (Wildman–Crippen LogP) is 9.96. The van der Waals surface area contributed by atoms with Gasteiger partial charge >= 0.3 is 41.8 Å². The molecule has 0 atom stereocenters. The molecule has 0 saturated heterocycles. The van der Waals surface area contributed by atoms with Gasteiger partial charge in [-0.2, -0.15) is 15.3 Å². The van der Waals surface area contributed by atoms with Crippen LogP contribution in [0.5, 0.6) is 28.9 Å². The van der Waals surface area contributed by atoms with Gasteiger partial charge in [0.05, 0.1) is 20.3 Å². The number of nitrogens with zero attached hydrogens (tertiary/aromatic N) is 2. The number of hydrogen-bond acceptors (Lipinski definition) is 6. The summed E-state index contributed by atoms with van der Waals surface area (Å²) in [6.45, 7) is 12.1. The van der Waals surface area contributed by atoms with Crippen LogP contribution in [0.15, 0.2) is 82.2 Å². The molecule has 0 spiro atoms. The number of allylic oxidation sites excluding steroid dienone is 2. The Morgan fingerprint density at radius 2 is 1.49 bits per heavy atom. The third-order valence-electron chi connectivity index (χ3n) is 4.74. The molecule has 1 aliphatic heterocycles. The topological polar surface area (TPSA) is 62.2 Å². The Hall–Kier alpha value is -2.71. The normalized spacial score (nSPS) is 11.3. The van der Waals surface area contributed by atoms with Gasteiger partial charge in [-0.15, -0.1) is 4.39 Å². The van der Waals surface area contributed by atoms with Crippen LogP contribution in [0.25, 0.3) is 0 Å². The fourth-order valence-electron chi connectivity index (χ4n) is 3.20. The Kier molecular flexibility index (Phi) is 18.8. The van der Waals surface area contributed by atoms with Crippen molar-refractivity contribution in [3.8, 4) is 28.9 Å². The van der Waals surface area contributed by atoms with Crippen LogP contribution in [-0.4, -0.2) is 25.1 Å². The molecule has 2 aromatic carbocycles. The minimum absolute atomic E-state index is 0.130. The van der Waals surface area contributed by atoms with E-state index in [4.69, 9.17) is 18.9 Å². The van der Waals surface area contributed by atoms with Crippen molar-refractivity contribution < 1.29 is 44.1 Å². The molecule has 0 fully saturated rings. The zero-order valence-corrected chi connectivity index (χ0v) is 31.3. The van der Waals surface area contributed by atoms with Crippen molar-refractivity contribution in [2.24, 2.45) is 16.8 Å². The number of pyridine rings is 1. The van der Waals surface area contributed by atoms with E-state index in [1.165, 1.54) is 41.2 Å². The number of rotatable bonds is 7. The molecule has 0 saturated carbocycles. The summed E-state index contributed by atoms with van der Waals surface area (Å²) >= 11 is 7.57. The van der Waals surface area contributed by atoms with E-state index in [2.05, 4.69) is 80.2 Å². The van der Waals surface area contributed by atoms with Crippen molar-refractivity contribution in [2.75, 3.05) is 14.2 Å². The SMILES string of the molecule is COc1cc(Br)ccc1OC1=NC(F)=C[C+]=C1.COc1cc(CC(C)C)ccc1Oc1cccc(F)n1.[CH2-]C(C)C.[Zn+][Br]. The molecule has 4 rings (SSSR count). The number of hydrogen-bond donors (Lipinski definition) is 0. The molecule has 1 aromatic heterocycles. The minimum atomic E-state index is -0.640. The van der Waals surface area contributed by atoms with E-state index >= 15 is 0 Å². The summed E-state index contributed by atoms with van der Waals surface area (Å²) in [5.74, 6) is 2.42. The van der Waals surface area contributed by atoms with Gasteiger partial charge in [-0.25, -0.2) is 0 Å². The number of aliphatic imine (C=N–C) groups is 1. The molecule has 3 aromatic rings. The molecule has 226 valence electrons. The fourth-order valence-corrected chi connectivity index (χ4v) is 3.54. The molecular weight excluding hydrogens is 740 g/mol. The van der Waals surface area contributed by atoms with E-state index in [0.29, 0.717) is 34.8 Å². The van der Waals surface area contributed by atoms with Crippen molar-refractivity contribution >= 4 is 35.5 Å². The average Bonchev–Trinajstić information content (AvgIpc) is 2.96. The molecule has 11 heteroatoms. The summed E-state index contributed by atoms with van der Waals surface area (Å²) < 4.78 is 48.2. The van der Waals surface area contributed by atoms with Gasteiger partial charge < -0.3 is 25.9 Å². The van der Waals surface area contributed by atoms with E-state index < -0.39 is 11.9 Å². The van der Waals surface area contributed by atoms with Crippen molar-refractivity contribution in [2.45, 2.75) is 34.1 Å². The van der Waals surface area contributed by atoms with Gasteiger partial charge in [-0.1, -0.05) is 55.8 Å². The Morgan fingerprint density at radius 3 is 2.07 bits per heavy atom. The number of aromatic nitrogens is 1. The van der Waals surface area contributed by atoms with Crippen LogP contribution in [-0.2, 0) is 22.8 Å². The number of methoxy groups -OCH3 is 2. The van der Waals surface area contributed by atoms with Crippen molar-refractivity contribution in [3.63, 3.8) is 0 Å². The van der Waals surface area contributed by atoms with Gasteiger partial charge in [0.25, 0.3) is 0 Å². The first kappa shape index (κ1) is 38.3. The van der Waals surface area contributed by atoms with Gasteiger partial charge in [0.2, 0.25) is 11.8 Å². The van der Waals surface area contributed by atoms with Gasteiger partial charge in [0, 0.05) is 10.5 Å². The first-order valence-electron chi connectivity index (χ1n) is 13.1. The molecule has 0 unspecified atom stereocenters. The van der Waals surface area contributed by atoms with Crippen LogP contribution in [0.2, 0.25) is 0 Å². The zero-order chi connectivity index (χ0) is 32.4. The van der Waals surface area contributed by atoms with Crippen molar-refractivity contribution in [1.82, 2.24) is 4.98 Å². The average molecular weight is 775 g/mol. The van der Waals surface area contributed by atoms with E-state index in [9.17, 15) is 8.78 Å². The quantitative estimate of drug-likeness (QED) is 0.104. The second kappa shape index (κ2) is 21.1. The van der Waals surface area contributed by atoms with Gasteiger partial charge in [0.1, 0.15) is 0 Å². The van der Waals surface area contributed by atoms with Crippen molar-refractivity contribution in [1.29, 1.82) is 0 Å². The molecule has 6 nitrogen and oxygen atoms in total. The molecule has 2 heterocycles. The Morgan fingerprint density at radius 1 is 0.884 bits per heavy atom. The van der Waals surface area contributed by atoms with Crippen LogP contribution in [0.1, 0.15) is 33.3 Å². The van der Waals surface area contributed by atoms with Gasteiger partial charge in [0.15, 0.2) is 35.2 Å². The molecule has 1 aliphatic rings. The maximum absolute atomic E-state index is 13.0. The first-order chi connectivity index (χ1) is 20.5. The third-order valence-corrected chi connectivity index (χ3v) is 5.24. The third kappa shape index (κ3) is 15.5. The predicted molar refractivity (Wildman–Crippen MR) is 171 cm³/mol. The monoisotopic (exact) mass is 771 g/mol.